The molecule has 25 heavy (non-hydrogen) atoms. The van der Waals surface area contributed by atoms with E-state index in [9.17, 15) is 19.7 Å². The van der Waals surface area contributed by atoms with Crippen molar-refractivity contribution in [1.29, 1.82) is 0 Å². The summed E-state index contributed by atoms with van der Waals surface area (Å²) < 4.78 is 9.42. The van der Waals surface area contributed by atoms with Crippen LogP contribution >= 0.6 is 11.8 Å². The molecule has 0 aliphatic carbocycles. The summed E-state index contributed by atoms with van der Waals surface area (Å²) in [6.07, 6.45) is 0. The fourth-order valence-corrected chi connectivity index (χ4v) is 2.55. The number of carbonyl (C=O) groups is 2. The van der Waals surface area contributed by atoms with Crippen LogP contribution in [-0.4, -0.2) is 35.7 Å². The molecule has 1 aromatic heterocycles. The molecule has 0 aliphatic rings. The number of benzene rings is 1. The quantitative estimate of drug-likeness (QED) is 0.252. The zero-order chi connectivity index (χ0) is 18.2. The first kappa shape index (κ1) is 18.5. The van der Waals surface area contributed by atoms with Gasteiger partial charge in [0.25, 0.3) is 5.91 Å². The van der Waals surface area contributed by atoms with Crippen LogP contribution in [0.5, 0.6) is 0 Å². The van der Waals surface area contributed by atoms with Gasteiger partial charge in [0.2, 0.25) is 5.76 Å². The molecule has 0 saturated carbocycles. The van der Waals surface area contributed by atoms with E-state index in [1.807, 2.05) is 31.2 Å². The predicted molar refractivity (Wildman–Crippen MR) is 90.6 cm³/mol. The highest BCUT2D eigenvalue weighted by molar-refractivity contribution is 7.99. The molecule has 0 fully saturated rings. The standard InChI is InChI=1S/C16H16N2O6S/c1-11-2-4-12(5-3-11)25-9-8-17-14(19)10-23-16(20)13-6-7-15(24-13)18(21)22/h2-7H,8-10H2,1H3,(H,17,19). The number of nitrogens with one attached hydrogen (secondary N) is 1. The predicted octanol–water partition coefficient (Wildman–Crippen LogP) is 2.56. The zero-order valence-corrected chi connectivity index (χ0v) is 14.2. The van der Waals surface area contributed by atoms with Gasteiger partial charge in [-0.25, -0.2) is 4.79 Å². The van der Waals surface area contributed by atoms with Crippen LogP contribution in [0.4, 0.5) is 5.88 Å². The molecule has 0 saturated heterocycles. The summed E-state index contributed by atoms with van der Waals surface area (Å²) in [4.78, 5) is 34.0. The number of nitrogens with zero attached hydrogens (tertiary/aromatic N) is 1. The molecule has 0 bridgehead atoms. The number of aryl methyl sites for hydroxylation is 1. The van der Waals surface area contributed by atoms with Gasteiger partial charge in [-0.15, -0.1) is 11.8 Å². The van der Waals surface area contributed by atoms with Crippen molar-refractivity contribution in [2.24, 2.45) is 0 Å². The molecule has 1 aromatic carbocycles. The van der Waals surface area contributed by atoms with Gasteiger partial charge in [0.15, 0.2) is 6.61 Å². The van der Waals surface area contributed by atoms with Crippen LogP contribution in [0.15, 0.2) is 45.7 Å². The van der Waals surface area contributed by atoms with Gasteiger partial charge in [-0.3, -0.25) is 14.9 Å². The molecule has 1 amide bonds. The smallest absolute Gasteiger partial charge is 0.433 e. The number of amides is 1. The second kappa shape index (κ2) is 8.88. The van der Waals surface area contributed by atoms with E-state index in [1.54, 1.807) is 11.8 Å². The average molecular weight is 364 g/mol. The van der Waals surface area contributed by atoms with E-state index in [-0.39, 0.29) is 5.76 Å². The first-order valence-corrected chi connectivity index (χ1v) is 8.32. The highest BCUT2D eigenvalue weighted by atomic mass is 32.2. The summed E-state index contributed by atoms with van der Waals surface area (Å²) >= 11 is 1.60. The van der Waals surface area contributed by atoms with Crippen molar-refractivity contribution in [1.82, 2.24) is 5.32 Å². The summed E-state index contributed by atoms with van der Waals surface area (Å²) in [6.45, 7) is 1.95. The maximum absolute atomic E-state index is 11.6. The van der Waals surface area contributed by atoms with E-state index in [0.717, 1.165) is 17.0 Å². The van der Waals surface area contributed by atoms with Gasteiger partial charge in [-0.1, -0.05) is 17.7 Å². The largest absolute Gasteiger partial charge is 0.450 e. The topological polar surface area (TPSA) is 112 Å². The van der Waals surface area contributed by atoms with Crippen LogP contribution in [0.3, 0.4) is 0 Å². The molecule has 0 radical (unpaired) electrons. The van der Waals surface area contributed by atoms with Gasteiger partial charge in [0, 0.05) is 17.2 Å². The van der Waals surface area contributed by atoms with Gasteiger partial charge in [0.1, 0.15) is 4.92 Å². The van der Waals surface area contributed by atoms with Crippen LogP contribution < -0.4 is 5.32 Å². The van der Waals surface area contributed by atoms with Crippen molar-refractivity contribution >= 4 is 29.5 Å². The van der Waals surface area contributed by atoms with Crippen LogP contribution in [0.1, 0.15) is 16.1 Å². The summed E-state index contributed by atoms with van der Waals surface area (Å²) in [5, 5.41) is 13.1. The van der Waals surface area contributed by atoms with Crippen molar-refractivity contribution < 1.29 is 23.7 Å². The van der Waals surface area contributed by atoms with E-state index < -0.39 is 29.3 Å². The molecule has 8 nitrogen and oxygen atoms in total. The first-order chi connectivity index (χ1) is 12.0. The average Bonchev–Trinajstić information content (AvgIpc) is 3.08. The van der Waals surface area contributed by atoms with Gasteiger partial charge < -0.3 is 14.5 Å². The number of carbonyl (C=O) groups excluding carboxylic acids is 2. The highest BCUT2D eigenvalue weighted by Gasteiger charge is 2.19. The Morgan fingerprint density at radius 3 is 2.60 bits per heavy atom. The number of esters is 1. The third-order valence-corrected chi connectivity index (χ3v) is 4.03. The van der Waals surface area contributed by atoms with Crippen molar-refractivity contribution in [3.63, 3.8) is 0 Å². The third kappa shape index (κ3) is 5.96. The molecule has 0 atom stereocenters. The molecule has 1 N–H and O–H groups in total. The van der Waals surface area contributed by atoms with Crippen LogP contribution in [-0.2, 0) is 9.53 Å². The van der Waals surface area contributed by atoms with Crippen molar-refractivity contribution in [2.75, 3.05) is 18.9 Å². The normalized spacial score (nSPS) is 10.3. The molecule has 132 valence electrons. The van der Waals surface area contributed by atoms with Crippen LogP contribution in [0.25, 0.3) is 0 Å². The van der Waals surface area contributed by atoms with Gasteiger partial charge in [-0.2, -0.15) is 0 Å². The highest BCUT2D eigenvalue weighted by Crippen LogP contribution is 2.17. The minimum Gasteiger partial charge on any atom is -0.450 e. The van der Waals surface area contributed by atoms with Gasteiger partial charge >= 0.3 is 11.9 Å². The number of furan rings is 1. The Morgan fingerprint density at radius 1 is 1.24 bits per heavy atom. The molecule has 0 aliphatic heterocycles. The molecular formula is C16H16N2O6S. The van der Waals surface area contributed by atoms with Crippen molar-refractivity contribution in [2.45, 2.75) is 11.8 Å². The third-order valence-electron chi connectivity index (χ3n) is 3.02. The van der Waals surface area contributed by atoms with Crippen molar-refractivity contribution in [3.05, 3.63) is 57.8 Å². The Kier molecular flexibility index (Phi) is 6.58. The first-order valence-electron chi connectivity index (χ1n) is 7.33. The number of hydrogen-bond donors (Lipinski definition) is 1. The van der Waals surface area contributed by atoms with Gasteiger partial charge in [0.05, 0.1) is 6.07 Å². The summed E-state index contributed by atoms with van der Waals surface area (Å²) in [6, 6.07) is 10.2. The number of thioether (sulfide) groups is 1. The lowest BCUT2D eigenvalue weighted by molar-refractivity contribution is -0.402. The minimum absolute atomic E-state index is 0.325. The Hall–Kier alpha value is -2.81. The van der Waals surface area contributed by atoms with Crippen LogP contribution in [0.2, 0.25) is 0 Å². The Morgan fingerprint density at radius 2 is 1.96 bits per heavy atom. The second-order valence-electron chi connectivity index (χ2n) is 4.98. The van der Waals surface area contributed by atoms with E-state index in [4.69, 9.17) is 4.74 Å². The summed E-state index contributed by atoms with van der Waals surface area (Å²) in [7, 11) is 0. The maximum atomic E-state index is 11.6. The number of rotatable bonds is 8. The molecule has 9 heteroatoms. The molecule has 2 rings (SSSR count). The summed E-state index contributed by atoms with van der Waals surface area (Å²) in [5.74, 6) is -1.61. The molecular weight excluding hydrogens is 348 g/mol. The lowest BCUT2D eigenvalue weighted by atomic mass is 10.2. The minimum atomic E-state index is -0.933. The monoisotopic (exact) mass is 364 g/mol. The molecule has 1 heterocycles. The summed E-state index contributed by atoms with van der Waals surface area (Å²) in [5.41, 5.74) is 1.18. The maximum Gasteiger partial charge on any atom is 0.433 e. The Labute approximate surface area is 147 Å². The second-order valence-corrected chi connectivity index (χ2v) is 6.15. The van der Waals surface area contributed by atoms with E-state index in [2.05, 4.69) is 9.73 Å². The molecule has 0 spiro atoms. The fourth-order valence-electron chi connectivity index (χ4n) is 1.78. The molecule has 2 aromatic rings. The van der Waals surface area contributed by atoms with E-state index >= 15 is 0 Å². The van der Waals surface area contributed by atoms with Gasteiger partial charge in [-0.05, 0) is 25.1 Å². The Balaban J connectivity index is 1.65. The lowest BCUT2D eigenvalue weighted by Crippen LogP contribution is -2.30. The molecule has 0 unspecified atom stereocenters. The fraction of sp³-hybridized carbons (Fsp3) is 0.250. The SMILES string of the molecule is Cc1ccc(SCCNC(=O)COC(=O)c2ccc([N+](=O)[O-])o2)cc1. The zero-order valence-electron chi connectivity index (χ0n) is 13.4. The van der Waals surface area contributed by atoms with E-state index in [0.29, 0.717) is 12.3 Å². The number of hydrogen-bond acceptors (Lipinski definition) is 7. The van der Waals surface area contributed by atoms with E-state index in [1.165, 1.54) is 5.56 Å². The number of nitro groups is 1. The van der Waals surface area contributed by atoms with Crippen molar-refractivity contribution in [3.8, 4) is 0 Å². The lowest BCUT2D eigenvalue weighted by Gasteiger charge is -2.06. The number of ether oxygens (including phenoxy) is 1. The van der Waals surface area contributed by atoms with Crippen LogP contribution in [0, 0.1) is 17.0 Å². The Bertz CT molecular complexity index is 756.